The van der Waals surface area contributed by atoms with Crippen LogP contribution in [0.5, 0.6) is 0 Å². The fraction of sp³-hybridized carbons (Fsp3) is 0.231. The Balaban J connectivity index is 2.61. The Morgan fingerprint density at radius 2 is 1.88 bits per heavy atom. The fourth-order valence-corrected chi connectivity index (χ4v) is 2.45. The van der Waals surface area contributed by atoms with E-state index in [0.717, 1.165) is 22.4 Å². The molecule has 86 valence electrons. The van der Waals surface area contributed by atoms with Crippen LogP contribution in [-0.4, -0.2) is 20.0 Å². The van der Waals surface area contributed by atoms with Crippen LogP contribution in [-0.2, 0) is 7.05 Å². The van der Waals surface area contributed by atoms with E-state index in [-0.39, 0.29) is 5.78 Å². The lowest BCUT2D eigenvalue weighted by Crippen LogP contribution is -1.97. The molecule has 0 radical (unpaired) electrons. The molecule has 0 spiro atoms. The summed E-state index contributed by atoms with van der Waals surface area (Å²) in [5, 5.41) is 4.46. The van der Waals surface area contributed by atoms with E-state index in [1.165, 1.54) is 0 Å². The Labute approximate surface area is 98.5 Å². The molecule has 0 amide bonds. The van der Waals surface area contributed by atoms with Gasteiger partial charge in [-0.3, -0.25) is 4.79 Å². The number of aromatic nitrogens is 3. The Hall–Kier alpha value is -2.10. The second-order valence-electron chi connectivity index (χ2n) is 4.30. The molecule has 4 heteroatoms. The van der Waals surface area contributed by atoms with Gasteiger partial charge in [0.15, 0.2) is 5.78 Å². The van der Waals surface area contributed by atoms with Gasteiger partial charge in [0.2, 0.25) is 0 Å². The average Bonchev–Trinajstić information content (AvgIpc) is 2.76. The number of para-hydroxylation sites is 2. The topological polar surface area (TPSA) is 39.3 Å². The molecular weight excluding hydrogens is 214 g/mol. The number of imidazole rings is 1. The van der Waals surface area contributed by atoms with Crippen LogP contribution in [0.1, 0.15) is 23.0 Å². The van der Waals surface area contributed by atoms with E-state index in [2.05, 4.69) is 5.10 Å². The number of carbonyl (C=O) groups is 1. The zero-order valence-electron chi connectivity index (χ0n) is 10.1. The fourth-order valence-electron chi connectivity index (χ4n) is 2.45. The number of nitrogens with zero attached hydrogens (tertiary/aromatic N) is 3. The Kier molecular flexibility index (Phi) is 1.90. The van der Waals surface area contributed by atoms with Gasteiger partial charge in [-0.05, 0) is 26.0 Å². The predicted molar refractivity (Wildman–Crippen MR) is 66.4 cm³/mol. The van der Waals surface area contributed by atoms with Gasteiger partial charge in [0.05, 0.1) is 22.3 Å². The summed E-state index contributed by atoms with van der Waals surface area (Å²) in [6.45, 7) is 3.46. The van der Waals surface area contributed by atoms with Crippen molar-refractivity contribution < 1.29 is 4.79 Å². The molecular formula is C13H13N3O. The standard InChI is InChI=1S/C13H13N3O/c1-8-12(9(2)17)13-15(3)10-6-4-5-7-11(10)16(13)14-8/h4-7H,1-3H3. The third-order valence-electron chi connectivity index (χ3n) is 3.18. The van der Waals surface area contributed by atoms with E-state index in [9.17, 15) is 4.79 Å². The van der Waals surface area contributed by atoms with Gasteiger partial charge in [-0.2, -0.15) is 5.10 Å². The maximum absolute atomic E-state index is 11.7. The molecule has 0 aliphatic carbocycles. The normalized spacial score (nSPS) is 11.5. The zero-order valence-corrected chi connectivity index (χ0v) is 10.1. The van der Waals surface area contributed by atoms with Crippen molar-refractivity contribution in [2.75, 3.05) is 0 Å². The summed E-state index contributed by atoms with van der Waals surface area (Å²) < 4.78 is 3.87. The lowest BCUT2D eigenvalue weighted by molar-refractivity contribution is 0.101. The van der Waals surface area contributed by atoms with Crippen molar-refractivity contribution in [3.8, 4) is 0 Å². The van der Waals surface area contributed by atoms with Crippen LogP contribution in [0, 0.1) is 6.92 Å². The van der Waals surface area contributed by atoms with Gasteiger partial charge >= 0.3 is 0 Å². The number of benzene rings is 1. The van der Waals surface area contributed by atoms with Gasteiger partial charge in [-0.1, -0.05) is 12.1 Å². The van der Waals surface area contributed by atoms with Crippen molar-refractivity contribution >= 4 is 22.5 Å². The summed E-state index contributed by atoms with van der Waals surface area (Å²) in [6.07, 6.45) is 0. The largest absolute Gasteiger partial charge is 0.327 e. The van der Waals surface area contributed by atoms with Crippen LogP contribution < -0.4 is 0 Å². The van der Waals surface area contributed by atoms with Gasteiger partial charge < -0.3 is 4.57 Å². The lowest BCUT2D eigenvalue weighted by Gasteiger charge is -1.97. The summed E-state index contributed by atoms with van der Waals surface area (Å²) in [4.78, 5) is 11.7. The third kappa shape index (κ3) is 1.18. The van der Waals surface area contributed by atoms with Gasteiger partial charge in [0.1, 0.15) is 5.65 Å². The Bertz CT molecular complexity index is 749. The molecule has 0 saturated heterocycles. The maximum atomic E-state index is 11.7. The van der Waals surface area contributed by atoms with E-state index in [1.807, 2.05) is 47.3 Å². The molecule has 0 aliphatic heterocycles. The number of hydrogen-bond acceptors (Lipinski definition) is 2. The first-order chi connectivity index (χ1) is 8.11. The molecule has 17 heavy (non-hydrogen) atoms. The molecule has 4 nitrogen and oxygen atoms in total. The molecule has 2 heterocycles. The maximum Gasteiger partial charge on any atom is 0.165 e. The summed E-state index contributed by atoms with van der Waals surface area (Å²) in [5.74, 6) is 0.0587. The van der Waals surface area contributed by atoms with Crippen LogP contribution in [0.2, 0.25) is 0 Å². The highest BCUT2D eigenvalue weighted by Gasteiger charge is 2.19. The second-order valence-corrected chi connectivity index (χ2v) is 4.30. The Morgan fingerprint density at radius 3 is 2.53 bits per heavy atom. The monoisotopic (exact) mass is 227 g/mol. The van der Waals surface area contributed by atoms with E-state index < -0.39 is 0 Å². The minimum atomic E-state index is 0.0587. The van der Waals surface area contributed by atoms with Crippen molar-refractivity contribution in [2.45, 2.75) is 13.8 Å². The highest BCUT2D eigenvalue weighted by atomic mass is 16.1. The lowest BCUT2D eigenvalue weighted by atomic mass is 10.2. The number of aryl methyl sites for hydroxylation is 2. The van der Waals surface area contributed by atoms with Crippen molar-refractivity contribution in [3.63, 3.8) is 0 Å². The molecule has 0 aliphatic rings. The molecule has 0 atom stereocenters. The first-order valence-corrected chi connectivity index (χ1v) is 5.55. The highest BCUT2D eigenvalue weighted by molar-refractivity contribution is 6.03. The molecule has 0 unspecified atom stereocenters. The second kappa shape index (κ2) is 3.20. The number of hydrogen-bond donors (Lipinski definition) is 0. The summed E-state index contributed by atoms with van der Waals surface area (Å²) in [7, 11) is 1.96. The van der Waals surface area contributed by atoms with Crippen molar-refractivity contribution in [1.29, 1.82) is 0 Å². The van der Waals surface area contributed by atoms with Crippen LogP contribution >= 0.6 is 0 Å². The number of Topliss-reactive ketones (excluding diaryl/α,β-unsaturated/α-hetero) is 1. The molecule has 0 fully saturated rings. The molecule has 1 aromatic carbocycles. The van der Waals surface area contributed by atoms with E-state index in [0.29, 0.717) is 5.56 Å². The van der Waals surface area contributed by atoms with Crippen LogP contribution in [0.3, 0.4) is 0 Å². The summed E-state index contributed by atoms with van der Waals surface area (Å²) in [5.41, 5.74) is 4.48. The van der Waals surface area contributed by atoms with Crippen molar-refractivity contribution in [3.05, 3.63) is 35.5 Å². The number of rotatable bonds is 1. The van der Waals surface area contributed by atoms with Crippen molar-refractivity contribution in [1.82, 2.24) is 14.2 Å². The SMILES string of the molecule is CC(=O)c1c(C)nn2c3ccccc3n(C)c12. The first kappa shape index (κ1) is 10.1. The zero-order chi connectivity index (χ0) is 12.2. The van der Waals surface area contributed by atoms with Crippen LogP contribution in [0.25, 0.3) is 16.7 Å². The number of carbonyl (C=O) groups excluding carboxylic acids is 1. The minimum Gasteiger partial charge on any atom is -0.327 e. The van der Waals surface area contributed by atoms with Crippen LogP contribution in [0.15, 0.2) is 24.3 Å². The molecule has 3 rings (SSSR count). The van der Waals surface area contributed by atoms with Crippen molar-refractivity contribution in [2.24, 2.45) is 7.05 Å². The van der Waals surface area contributed by atoms with Crippen LogP contribution in [0.4, 0.5) is 0 Å². The summed E-state index contributed by atoms with van der Waals surface area (Å²) >= 11 is 0. The van der Waals surface area contributed by atoms with Gasteiger partial charge in [0, 0.05) is 7.05 Å². The van der Waals surface area contributed by atoms with Gasteiger partial charge in [-0.25, -0.2) is 4.52 Å². The summed E-state index contributed by atoms with van der Waals surface area (Å²) in [6, 6.07) is 8.01. The number of ketones is 1. The quantitative estimate of drug-likeness (QED) is 0.598. The minimum absolute atomic E-state index is 0.0587. The molecule has 0 N–H and O–H groups in total. The molecule has 0 saturated carbocycles. The first-order valence-electron chi connectivity index (χ1n) is 5.55. The van der Waals surface area contributed by atoms with E-state index in [4.69, 9.17) is 0 Å². The predicted octanol–water partition coefficient (Wildman–Crippen LogP) is 2.34. The van der Waals surface area contributed by atoms with Gasteiger partial charge in [-0.15, -0.1) is 0 Å². The molecule has 3 aromatic rings. The molecule has 0 bridgehead atoms. The number of fused-ring (bicyclic) bond motifs is 3. The van der Waals surface area contributed by atoms with E-state index >= 15 is 0 Å². The van der Waals surface area contributed by atoms with Gasteiger partial charge in [0.25, 0.3) is 0 Å². The highest BCUT2D eigenvalue weighted by Crippen LogP contribution is 2.24. The third-order valence-corrected chi connectivity index (χ3v) is 3.18. The Morgan fingerprint density at radius 1 is 1.24 bits per heavy atom. The smallest absolute Gasteiger partial charge is 0.165 e. The average molecular weight is 227 g/mol. The molecule has 2 aromatic heterocycles. The van der Waals surface area contributed by atoms with E-state index in [1.54, 1.807) is 6.92 Å².